The molecule has 0 saturated carbocycles. The SMILES string of the molecule is O=C(Nc1ccccc1CCl)c1ccc(Cl)cc1O. The average molecular weight is 296 g/mol. The lowest BCUT2D eigenvalue weighted by atomic mass is 10.1. The first-order chi connectivity index (χ1) is 9.11. The number of para-hydroxylation sites is 1. The largest absolute Gasteiger partial charge is 0.507 e. The molecule has 19 heavy (non-hydrogen) atoms. The Balaban J connectivity index is 2.26. The molecule has 0 bridgehead atoms. The van der Waals surface area contributed by atoms with Crippen LogP contribution in [0.2, 0.25) is 5.02 Å². The lowest BCUT2D eigenvalue weighted by molar-refractivity contribution is 0.102. The summed E-state index contributed by atoms with van der Waals surface area (Å²) in [7, 11) is 0. The quantitative estimate of drug-likeness (QED) is 0.840. The highest BCUT2D eigenvalue weighted by Crippen LogP contribution is 2.24. The Labute approximate surface area is 120 Å². The van der Waals surface area contributed by atoms with Gasteiger partial charge in [0.1, 0.15) is 5.75 Å². The van der Waals surface area contributed by atoms with Crippen molar-refractivity contribution in [2.45, 2.75) is 5.88 Å². The van der Waals surface area contributed by atoms with Crippen molar-refractivity contribution in [2.75, 3.05) is 5.32 Å². The highest BCUT2D eigenvalue weighted by Gasteiger charge is 2.12. The fourth-order valence-electron chi connectivity index (χ4n) is 1.65. The van der Waals surface area contributed by atoms with Crippen molar-refractivity contribution in [1.29, 1.82) is 0 Å². The average Bonchev–Trinajstić information content (AvgIpc) is 2.39. The van der Waals surface area contributed by atoms with Crippen LogP contribution in [0.15, 0.2) is 42.5 Å². The molecule has 0 unspecified atom stereocenters. The number of benzene rings is 2. The monoisotopic (exact) mass is 295 g/mol. The van der Waals surface area contributed by atoms with Crippen LogP contribution in [0.4, 0.5) is 5.69 Å². The van der Waals surface area contributed by atoms with Crippen LogP contribution in [0.1, 0.15) is 15.9 Å². The molecule has 2 rings (SSSR count). The predicted octanol–water partition coefficient (Wildman–Crippen LogP) is 4.04. The van der Waals surface area contributed by atoms with Gasteiger partial charge in [0.2, 0.25) is 0 Å². The number of halogens is 2. The second-order valence-corrected chi connectivity index (χ2v) is 4.61. The number of alkyl halides is 1. The standard InChI is InChI=1S/C14H11Cl2NO2/c15-8-9-3-1-2-4-12(9)17-14(19)11-6-5-10(16)7-13(11)18/h1-7,18H,8H2,(H,17,19). The number of hydrogen-bond acceptors (Lipinski definition) is 2. The maximum absolute atomic E-state index is 12.1. The minimum absolute atomic E-state index is 0.159. The molecule has 2 aromatic carbocycles. The van der Waals surface area contributed by atoms with E-state index in [-0.39, 0.29) is 11.3 Å². The van der Waals surface area contributed by atoms with Gasteiger partial charge in [-0.25, -0.2) is 0 Å². The Kier molecular flexibility index (Phi) is 4.30. The molecule has 3 nitrogen and oxygen atoms in total. The van der Waals surface area contributed by atoms with Crippen molar-refractivity contribution in [3.8, 4) is 5.75 Å². The number of nitrogens with one attached hydrogen (secondary N) is 1. The van der Waals surface area contributed by atoms with Gasteiger partial charge in [0.15, 0.2) is 0 Å². The first kappa shape index (κ1) is 13.7. The van der Waals surface area contributed by atoms with E-state index in [1.54, 1.807) is 18.2 Å². The molecular formula is C14H11Cl2NO2. The molecule has 2 aromatic rings. The molecular weight excluding hydrogens is 285 g/mol. The summed E-state index contributed by atoms with van der Waals surface area (Å²) in [6.07, 6.45) is 0. The van der Waals surface area contributed by atoms with E-state index in [1.807, 2.05) is 12.1 Å². The van der Waals surface area contributed by atoms with Crippen molar-refractivity contribution in [3.63, 3.8) is 0 Å². The van der Waals surface area contributed by atoms with Gasteiger partial charge in [-0.3, -0.25) is 4.79 Å². The molecule has 0 saturated heterocycles. The van der Waals surface area contributed by atoms with Crippen LogP contribution in [0.25, 0.3) is 0 Å². The van der Waals surface area contributed by atoms with Gasteiger partial charge in [0.25, 0.3) is 5.91 Å². The molecule has 0 aliphatic carbocycles. The van der Waals surface area contributed by atoms with E-state index >= 15 is 0 Å². The molecule has 2 N–H and O–H groups in total. The van der Waals surface area contributed by atoms with Crippen LogP contribution < -0.4 is 5.32 Å². The maximum Gasteiger partial charge on any atom is 0.259 e. The second-order valence-electron chi connectivity index (χ2n) is 3.91. The topological polar surface area (TPSA) is 49.3 Å². The van der Waals surface area contributed by atoms with Gasteiger partial charge < -0.3 is 10.4 Å². The summed E-state index contributed by atoms with van der Waals surface area (Å²) in [5.41, 5.74) is 1.59. The Hall–Kier alpha value is -1.71. The second kappa shape index (κ2) is 5.95. The number of phenolic OH excluding ortho intramolecular Hbond substituents is 1. The highest BCUT2D eigenvalue weighted by molar-refractivity contribution is 6.31. The number of amides is 1. The zero-order valence-corrected chi connectivity index (χ0v) is 11.4. The highest BCUT2D eigenvalue weighted by atomic mass is 35.5. The van der Waals surface area contributed by atoms with E-state index in [1.165, 1.54) is 12.1 Å². The Bertz CT molecular complexity index is 614. The van der Waals surface area contributed by atoms with Gasteiger partial charge in [-0.05, 0) is 29.8 Å². The van der Waals surface area contributed by atoms with Crippen LogP contribution in [0.3, 0.4) is 0 Å². The number of carbonyl (C=O) groups excluding carboxylic acids is 1. The van der Waals surface area contributed by atoms with Gasteiger partial charge in [-0.1, -0.05) is 29.8 Å². The number of hydrogen-bond donors (Lipinski definition) is 2. The van der Waals surface area contributed by atoms with Gasteiger partial charge in [0, 0.05) is 16.6 Å². The van der Waals surface area contributed by atoms with Crippen molar-refractivity contribution in [3.05, 3.63) is 58.6 Å². The molecule has 0 aliphatic heterocycles. The molecule has 0 radical (unpaired) electrons. The number of carbonyl (C=O) groups is 1. The molecule has 98 valence electrons. The van der Waals surface area contributed by atoms with Gasteiger partial charge >= 0.3 is 0 Å². The van der Waals surface area contributed by atoms with E-state index in [2.05, 4.69) is 5.32 Å². The number of rotatable bonds is 3. The minimum atomic E-state index is -0.410. The molecule has 1 amide bonds. The third-order valence-corrected chi connectivity index (χ3v) is 3.14. The van der Waals surface area contributed by atoms with Gasteiger partial charge in [-0.15, -0.1) is 11.6 Å². The molecule has 0 fully saturated rings. The zero-order valence-electron chi connectivity index (χ0n) is 9.86. The smallest absolute Gasteiger partial charge is 0.259 e. The van der Waals surface area contributed by atoms with E-state index in [0.29, 0.717) is 16.6 Å². The molecule has 0 spiro atoms. The van der Waals surface area contributed by atoms with Crippen LogP contribution >= 0.6 is 23.2 Å². The van der Waals surface area contributed by atoms with Crippen molar-refractivity contribution >= 4 is 34.8 Å². The van der Waals surface area contributed by atoms with Gasteiger partial charge in [-0.2, -0.15) is 0 Å². The minimum Gasteiger partial charge on any atom is -0.507 e. The van der Waals surface area contributed by atoms with E-state index < -0.39 is 5.91 Å². The fraction of sp³-hybridized carbons (Fsp3) is 0.0714. The maximum atomic E-state index is 12.1. The Morgan fingerprint density at radius 2 is 1.95 bits per heavy atom. The first-order valence-electron chi connectivity index (χ1n) is 5.55. The number of phenols is 1. The van der Waals surface area contributed by atoms with Gasteiger partial charge in [0.05, 0.1) is 5.56 Å². The van der Waals surface area contributed by atoms with Crippen molar-refractivity contribution in [2.24, 2.45) is 0 Å². The normalized spacial score (nSPS) is 10.2. The lowest BCUT2D eigenvalue weighted by Gasteiger charge is -2.10. The Morgan fingerprint density at radius 3 is 2.63 bits per heavy atom. The third kappa shape index (κ3) is 3.19. The van der Waals surface area contributed by atoms with E-state index in [4.69, 9.17) is 23.2 Å². The van der Waals surface area contributed by atoms with Crippen LogP contribution in [-0.2, 0) is 5.88 Å². The third-order valence-electron chi connectivity index (χ3n) is 2.61. The summed E-state index contributed by atoms with van der Waals surface area (Å²) < 4.78 is 0. The molecule has 0 aromatic heterocycles. The van der Waals surface area contributed by atoms with E-state index in [9.17, 15) is 9.90 Å². The molecule has 5 heteroatoms. The number of aromatic hydroxyl groups is 1. The van der Waals surface area contributed by atoms with Crippen molar-refractivity contribution in [1.82, 2.24) is 0 Å². The predicted molar refractivity (Wildman–Crippen MR) is 77.1 cm³/mol. The zero-order chi connectivity index (χ0) is 13.8. The van der Waals surface area contributed by atoms with E-state index in [0.717, 1.165) is 5.56 Å². The first-order valence-corrected chi connectivity index (χ1v) is 6.47. The molecule has 0 aliphatic rings. The summed E-state index contributed by atoms with van der Waals surface area (Å²) in [5, 5.41) is 12.8. The van der Waals surface area contributed by atoms with Crippen molar-refractivity contribution < 1.29 is 9.90 Å². The summed E-state index contributed by atoms with van der Waals surface area (Å²) in [4.78, 5) is 12.1. The summed E-state index contributed by atoms with van der Waals surface area (Å²) >= 11 is 11.5. The lowest BCUT2D eigenvalue weighted by Crippen LogP contribution is -2.13. The van der Waals surface area contributed by atoms with Crippen LogP contribution in [-0.4, -0.2) is 11.0 Å². The summed E-state index contributed by atoms with van der Waals surface area (Å²) in [6, 6.07) is 11.6. The fourth-order valence-corrected chi connectivity index (χ4v) is 2.04. The molecule has 0 atom stereocenters. The van der Waals surface area contributed by atoms with Crippen LogP contribution in [0, 0.1) is 0 Å². The summed E-state index contributed by atoms with van der Waals surface area (Å²) in [6.45, 7) is 0. The van der Waals surface area contributed by atoms with Crippen LogP contribution in [0.5, 0.6) is 5.75 Å². The molecule has 0 heterocycles. The Morgan fingerprint density at radius 1 is 1.21 bits per heavy atom. The number of anilines is 1. The summed E-state index contributed by atoms with van der Waals surface area (Å²) in [5.74, 6) is -0.275.